The van der Waals surface area contributed by atoms with Crippen molar-refractivity contribution < 1.29 is 28.7 Å². The summed E-state index contributed by atoms with van der Waals surface area (Å²) in [4.78, 5) is 51.2. The third-order valence-electron chi connectivity index (χ3n) is 4.36. The maximum absolute atomic E-state index is 12.4. The molecule has 1 aliphatic rings. The van der Waals surface area contributed by atoms with Crippen LogP contribution < -0.4 is 9.64 Å². The second kappa shape index (κ2) is 10.2. The van der Waals surface area contributed by atoms with Crippen LogP contribution in [0.25, 0.3) is 0 Å². The summed E-state index contributed by atoms with van der Waals surface area (Å²) in [5.41, 5.74) is 0.631. The van der Waals surface area contributed by atoms with Crippen LogP contribution in [0.1, 0.15) is 36.5 Å². The van der Waals surface area contributed by atoms with Gasteiger partial charge >= 0.3 is 5.97 Å². The Balaban J connectivity index is 2.16. The smallest absolute Gasteiger partial charge is 0.306 e. The fourth-order valence-electron chi connectivity index (χ4n) is 2.74. The van der Waals surface area contributed by atoms with Gasteiger partial charge in [0.1, 0.15) is 12.3 Å². The second-order valence-corrected chi connectivity index (χ2v) is 6.40. The summed E-state index contributed by atoms with van der Waals surface area (Å²) < 4.78 is 10.2. The average molecular weight is 401 g/mol. The number of esters is 1. The zero-order chi connectivity index (χ0) is 21.4. The largest absolute Gasteiger partial charge is 0.482 e. The number of hydrogen-bond donors (Lipinski definition) is 0. The van der Waals surface area contributed by atoms with Crippen molar-refractivity contribution in [3.63, 3.8) is 0 Å². The highest BCUT2D eigenvalue weighted by molar-refractivity contribution is 6.04. The number of rotatable bonds is 9. The minimum atomic E-state index is -0.454. The van der Waals surface area contributed by atoms with Gasteiger partial charge in [0.25, 0.3) is 5.91 Å². The fourth-order valence-corrected chi connectivity index (χ4v) is 2.74. The summed E-state index contributed by atoms with van der Waals surface area (Å²) in [7, 11) is 1.56. The summed E-state index contributed by atoms with van der Waals surface area (Å²) in [5, 5.41) is 8.65. The van der Waals surface area contributed by atoms with Gasteiger partial charge in [-0.2, -0.15) is 5.26 Å². The van der Waals surface area contributed by atoms with Crippen LogP contribution in [0.4, 0.5) is 5.69 Å². The second-order valence-electron chi connectivity index (χ2n) is 6.40. The van der Waals surface area contributed by atoms with Gasteiger partial charge < -0.3 is 14.4 Å². The Labute approximate surface area is 168 Å². The van der Waals surface area contributed by atoms with Crippen molar-refractivity contribution in [3.8, 4) is 11.8 Å². The molecule has 0 aromatic heterocycles. The molecule has 9 heteroatoms. The molecule has 2 rings (SSSR count). The molecule has 29 heavy (non-hydrogen) atoms. The molecule has 0 atom stereocenters. The number of likely N-dealkylation sites (N-methyl/N-ethyl adjacent to an activating group) is 1. The molecular weight excluding hydrogens is 378 g/mol. The van der Waals surface area contributed by atoms with Crippen molar-refractivity contribution in [3.05, 3.63) is 23.8 Å². The van der Waals surface area contributed by atoms with E-state index in [1.54, 1.807) is 26.1 Å². The molecule has 1 aliphatic heterocycles. The number of fused-ring (bicyclic) bond motifs is 1. The number of Topliss-reactive ketones (excluding diaryl/α,β-unsaturated/α-hetero) is 1. The predicted octanol–water partition coefficient (Wildman–Crippen LogP) is 1.31. The van der Waals surface area contributed by atoms with Gasteiger partial charge in [-0.1, -0.05) is 0 Å². The molecule has 1 aromatic rings. The number of hydrogen-bond acceptors (Lipinski definition) is 7. The number of carbonyl (C=O) groups is 4. The summed E-state index contributed by atoms with van der Waals surface area (Å²) in [6.45, 7) is 1.76. The van der Waals surface area contributed by atoms with Gasteiger partial charge in [-0.25, -0.2) is 0 Å². The zero-order valence-corrected chi connectivity index (χ0v) is 16.5. The third-order valence-corrected chi connectivity index (χ3v) is 4.36. The average Bonchev–Trinajstić information content (AvgIpc) is 2.71. The number of ketones is 1. The number of carbonyl (C=O) groups excluding carboxylic acids is 4. The van der Waals surface area contributed by atoms with Crippen LogP contribution in [0.5, 0.6) is 5.75 Å². The van der Waals surface area contributed by atoms with Crippen molar-refractivity contribution in [1.29, 1.82) is 5.26 Å². The molecule has 0 unspecified atom stereocenters. The lowest BCUT2D eigenvalue weighted by Crippen LogP contribution is -2.45. The van der Waals surface area contributed by atoms with Crippen LogP contribution in [0.2, 0.25) is 0 Å². The first-order valence-electron chi connectivity index (χ1n) is 9.24. The summed E-state index contributed by atoms with van der Waals surface area (Å²) in [6.07, 6.45) is 0.127. The molecule has 0 aliphatic carbocycles. The lowest BCUT2D eigenvalue weighted by atomic mass is 10.0. The summed E-state index contributed by atoms with van der Waals surface area (Å²) in [6, 6.07) is 6.58. The van der Waals surface area contributed by atoms with E-state index < -0.39 is 11.9 Å². The van der Waals surface area contributed by atoms with E-state index in [2.05, 4.69) is 0 Å². The van der Waals surface area contributed by atoms with Crippen molar-refractivity contribution in [2.24, 2.45) is 0 Å². The van der Waals surface area contributed by atoms with E-state index in [0.29, 0.717) is 17.0 Å². The Morgan fingerprint density at radius 1 is 1.31 bits per heavy atom. The highest BCUT2D eigenvalue weighted by Crippen LogP contribution is 2.33. The number of benzene rings is 1. The molecule has 0 saturated carbocycles. The van der Waals surface area contributed by atoms with Crippen LogP contribution in [-0.2, 0) is 19.1 Å². The predicted molar refractivity (Wildman–Crippen MR) is 102 cm³/mol. The van der Waals surface area contributed by atoms with E-state index in [0.717, 1.165) is 0 Å². The third kappa shape index (κ3) is 5.78. The number of anilines is 1. The number of ether oxygens (including phenoxy) is 2. The fraction of sp³-hybridized carbons (Fsp3) is 0.450. The Morgan fingerprint density at radius 2 is 2.07 bits per heavy atom. The lowest BCUT2D eigenvalue weighted by molar-refractivity contribution is -0.143. The Kier molecular flexibility index (Phi) is 7.71. The zero-order valence-electron chi connectivity index (χ0n) is 16.5. The van der Waals surface area contributed by atoms with Gasteiger partial charge in [0.15, 0.2) is 12.4 Å². The minimum absolute atomic E-state index is 0.0255. The first-order chi connectivity index (χ1) is 13.9. The van der Waals surface area contributed by atoms with Gasteiger partial charge in [-0.05, 0) is 25.1 Å². The molecule has 0 fully saturated rings. The van der Waals surface area contributed by atoms with E-state index in [1.165, 1.54) is 15.9 Å². The molecular formula is C20H23N3O6. The normalized spacial score (nSPS) is 12.4. The lowest BCUT2D eigenvalue weighted by Gasteiger charge is -2.30. The van der Waals surface area contributed by atoms with Gasteiger partial charge in [-0.3, -0.25) is 24.1 Å². The van der Waals surface area contributed by atoms with Crippen molar-refractivity contribution in [2.75, 3.05) is 38.3 Å². The molecule has 0 bridgehead atoms. The Bertz CT molecular complexity index is 845. The van der Waals surface area contributed by atoms with Gasteiger partial charge in [0.05, 0.1) is 31.2 Å². The molecule has 0 N–H and O–H groups in total. The van der Waals surface area contributed by atoms with E-state index in [4.69, 9.17) is 14.7 Å². The van der Waals surface area contributed by atoms with Gasteiger partial charge in [0.2, 0.25) is 5.91 Å². The standard InChI is InChI=1S/C20H23N3O6/c1-3-28-20(27)8-6-16(24)14-5-7-17-15(11-14)23(19(26)13-29-17)12-18(25)22(2)10-4-9-21/h5,7,11H,3-4,6,8,10,12-13H2,1-2H3. The first-order valence-corrected chi connectivity index (χ1v) is 9.24. The maximum Gasteiger partial charge on any atom is 0.306 e. The maximum atomic E-state index is 12.4. The van der Waals surface area contributed by atoms with Crippen LogP contribution in [0, 0.1) is 11.3 Å². The summed E-state index contributed by atoms with van der Waals surface area (Å²) >= 11 is 0. The van der Waals surface area contributed by atoms with Gasteiger partial charge in [0, 0.05) is 25.6 Å². The topological polar surface area (TPSA) is 117 Å². The number of nitrogens with zero attached hydrogens (tertiary/aromatic N) is 3. The van der Waals surface area contributed by atoms with Crippen LogP contribution in [0.15, 0.2) is 18.2 Å². The van der Waals surface area contributed by atoms with Gasteiger partial charge in [-0.15, -0.1) is 0 Å². The molecule has 1 heterocycles. The molecule has 9 nitrogen and oxygen atoms in total. The van der Waals surface area contributed by atoms with Crippen molar-refractivity contribution in [2.45, 2.75) is 26.2 Å². The van der Waals surface area contributed by atoms with Crippen LogP contribution in [-0.4, -0.2) is 61.8 Å². The van der Waals surface area contributed by atoms with Crippen LogP contribution in [0.3, 0.4) is 0 Å². The molecule has 1 aromatic carbocycles. The molecule has 2 amide bonds. The highest BCUT2D eigenvalue weighted by atomic mass is 16.5. The quantitative estimate of drug-likeness (QED) is 0.452. The van der Waals surface area contributed by atoms with E-state index >= 15 is 0 Å². The molecule has 0 spiro atoms. The minimum Gasteiger partial charge on any atom is -0.482 e. The van der Waals surface area contributed by atoms with Crippen molar-refractivity contribution in [1.82, 2.24) is 4.90 Å². The van der Waals surface area contributed by atoms with E-state index in [9.17, 15) is 19.2 Å². The monoisotopic (exact) mass is 401 g/mol. The number of nitriles is 1. The Morgan fingerprint density at radius 3 is 2.76 bits per heavy atom. The number of amides is 2. The molecule has 154 valence electrons. The highest BCUT2D eigenvalue weighted by Gasteiger charge is 2.29. The van der Waals surface area contributed by atoms with E-state index in [1.807, 2.05) is 6.07 Å². The first kappa shape index (κ1) is 21.9. The van der Waals surface area contributed by atoms with Crippen molar-refractivity contribution >= 4 is 29.3 Å². The molecule has 0 radical (unpaired) electrons. The van der Waals surface area contributed by atoms with E-state index in [-0.39, 0.29) is 57.3 Å². The SMILES string of the molecule is CCOC(=O)CCC(=O)c1ccc2c(c1)N(CC(=O)N(C)CCC#N)C(=O)CO2. The summed E-state index contributed by atoms with van der Waals surface area (Å²) in [5.74, 6) is -1.09. The van der Waals surface area contributed by atoms with Crippen LogP contribution >= 0.6 is 0 Å². The molecule has 0 saturated heterocycles. The Hall–Kier alpha value is -3.41.